The molecular formula is C13H30O4. The molecule has 0 bridgehead atoms. The number of aliphatic hydroxyl groups is 2. The van der Waals surface area contributed by atoms with Gasteiger partial charge in [0.2, 0.25) is 0 Å². The second kappa shape index (κ2) is 13.9. The Morgan fingerprint density at radius 2 is 1.65 bits per heavy atom. The summed E-state index contributed by atoms with van der Waals surface area (Å²) >= 11 is 0. The highest BCUT2D eigenvalue weighted by Gasteiger charge is 2.00. The van der Waals surface area contributed by atoms with Gasteiger partial charge < -0.3 is 19.7 Å². The van der Waals surface area contributed by atoms with E-state index in [0.717, 1.165) is 19.6 Å². The third-order valence-corrected chi connectivity index (χ3v) is 1.68. The summed E-state index contributed by atoms with van der Waals surface area (Å²) < 4.78 is 10.2. The lowest BCUT2D eigenvalue weighted by Crippen LogP contribution is -2.19. The third-order valence-electron chi connectivity index (χ3n) is 1.68. The van der Waals surface area contributed by atoms with Crippen LogP contribution in [0.1, 0.15) is 41.0 Å². The molecular weight excluding hydrogens is 220 g/mol. The molecule has 0 aliphatic carbocycles. The van der Waals surface area contributed by atoms with E-state index < -0.39 is 6.10 Å². The molecule has 17 heavy (non-hydrogen) atoms. The fourth-order valence-corrected chi connectivity index (χ4v) is 0.820. The molecule has 0 spiro atoms. The molecule has 0 aliphatic heterocycles. The van der Waals surface area contributed by atoms with Gasteiger partial charge in [0.05, 0.1) is 25.4 Å². The standard InChI is InChI=1S/C7H16O.C6H14O3/c1-4-5-8-6-7(2)3;1-5(8)4-9-6(2)3-7/h7H,4-6H2,1-3H3;5-8H,3-4H2,1-2H3. The molecule has 0 aromatic heterocycles. The van der Waals surface area contributed by atoms with Crippen LogP contribution in [0.25, 0.3) is 0 Å². The average Bonchev–Trinajstić information content (AvgIpc) is 2.26. The van der Waals surface area contributed by atoms with Crippen LogP contribution in [0.3, 0.4) is 0 Å². The van der Waals surface area contributed by atoms with Crippen molar-refractivity contribution in [2.24, 2.45) is 5.92 Å². The SMILES string of the molecule is CC(O)COC(C)CO.CCCOCC(C)C. The quantitative estimate of drug-likeness (QED) is 0.645. The fourth-order valence-electron chi connectivity index (χ4n) is 0.820. The van der Waals surface area contributed by atoms with Crippen LogP contribution >= 0.6 is 0 Å². The zero-order valence-corrected chi connectivity index (χ0v) is 12.0. The van der Waals surface area contributed by atoms with Gasteiger partial charge in [0, 0.05) is 13.2 Å². The summed E-state index contributed by atoms with van der Waals surface area (Å²) in [5, 5.41) is 17.1. The maximum atomic E-state index is 8.69. The Morgan fingerprint density at radius 3 is 2.00 bits per heavy atom. The van der Waals surface area contributed by atoms with Crippen molar-refractivity contribution in [1.29, 1.82) is 0 Å². The lowest BCUT2D eigenvalue weighted by atomic mass is 10.2. The molecule has 0 aliphatic rings. The molecule has 4 heteroatoms. The van der Waals surface area contributed by atoms with Crippen molar-refractivity contribution < 1.29 is 19.7 Å². The molecule has 0 radical (unpaired) electrons. The minimum Gasteiger partial charge on any atom is -0.394 e. The molecule has 4 nitrogen and oxygen atoms in total. The summed E-state index contributed by atoms with van der Waals surface area (Å²) in [5.41, 5.74) is 0. The van der Waals surface area contributed by atoms with Crippen LogP contribution in [-0.2, 0) is 9.47 Å². The monoisotopic (exact) mass is 250 g/mol. The molecule has 106 valence electrons. The predicted octanol–water partition coefficient (Wildman–Crippen LogP) is 1.83. The first-order chi connectivity index (χ1) is 7.93. The van der Waals surface area contributed by atoms with E-state index in [0.29, 0.717) is 12.5 Å². The molecule has 2 N–H and O–H groups in total. The highest BCUT2D eigenvalue weighted by atomic mass is 16.5. The predicted molar refractivity (Wildman–Crippen MR) is 70.1 cm³/mol. The van der Waals surface area contributed by atoms with Crippen molar-refractivity contribution in [1.82, 2.24) is 0 Å². The van der Waals surface area contributed by atoms with Gasteiger partial charge in [0.15, 0.2) is 0 Å². The number of rotatable bonds is 8. The van der Waals surface area contributed by atoms with Crippen LogP contribution in [0, 0.1) is 5.92 Å². The van der Waals surface area contributed by atoms with Gasteiger partial charge in [-0.25, -0.2) is 0 Å². The summed E-state index contributed by atoms with van der Waals surface area (Å²) in [6.45, 7) is 12.0. The number of hydrogen-bond acceptors (Lipinski definition) is 4. The third kappa shape index (κ3) is 21.6. The summed E-state index contributed by atoms with van der Waals surface area (Å²) in [6.07, 6.45) is 0.519. The van der Waals surface area contributed by atoms with Gasteiger partial charge in [-0.15, -0.1) is 0 Å². The maximum absolute atomic E-state index is 8.69. The van der Waals surface area contributed by atoms with E-state index in [9.17, 15) is 0 Å². The lowest BCUT2D eigenvalue weighted by molar-refractivity contribution is -0.0177. The Balaban J connectivity index is 0. The van der Waals surface area contributed by atoms with Crippen molar-refractivity contribution in [2.75, 3.05) is 26.4 Å². The van der Waals surface area contributed by atoms with E-state index in [1.54, 1.807) is 13.8 Å². The van der Waals surface area contributed by atoms with Gasteiger partial charge in [-0.05, 0) is 26.2 Å². The molecule has 2 unspecified atom stereocenters. The first-order valence-corrected chi connectivity index (χ1v) is 6.42. The summed E-state index contributed by atoms with van der Waals surface area (Å²) in [5.74, 6) is 0.682. The Hall–Kier alpha value is -0.160. The smallest absolute Gasteiger partial charge is 0.0779 e. The zero-order chi connectivity index (χ0) is 13.7. The molecule has 0 saturated heterocycles. The van der Waals surface area contributed by atoms with E-state index in [2.05, 4.69) is 20.8 Å². The lowest BCUT2D eigenvalue weighted by Gasteiger charge is -2.10. The number of hydrogen-bond donors (Lipinski definition) is 2. The highest BCUT2D eigenvalue weighted by Crippen LogP contribution is 1.92. The minimum absolute atomic E-state index is 0.00667. The van der Waals surface area contributed by atoms with Crippen molar-refractivity contribution in [3.05, 3.63) is 0 Å². The van der Waals surface area contributed by atoms with Gasteiger partial charge in [-0.1, -0.05) is 20.8 Å². The summed E-state index contributed by atoms with van der Waals surface area (Å²) in [6, 6.07) is 0. The summed E-state index contributed by atoms with van der Waals surface area (Å²) in [4.78, 5) is 0. The number of ether oxygens (including phenoxy) is 2. The van der Waals surface area contributed by atoms with Crippen LogP contribution in [0.15, 0.2) is 0 Å². The molecule has 0 amide bonds. The first kappa shape index (κ1) is 19.2. The van der Waals surface area contributed by atoms with Crippen molar-refractivity contribution in [3.63, 3.8) is 0 Å². The molecule has 0 saturated carbocycles. The van der Waals surface area contributed by atoms with Crippen LogP contribution in [0.5, 0.6) is 0 Å². The van der Waals surface area contributed by atoms with Gasteiger partial charge >= 0.3 is 0 Å². The largest absolute Gasteiger partial charge is 0.394 e. The van der Waals surface area contributed by atoms with E-state index >= 15 is 0 Å². The Labute approximate surface area is 106 Å². The van der Waals surface area contributed by atoms with Crippen LogP contribution in [-0.4, -0.2) is 48.8 Å². The van der Waals surface area contributed by atoms with Crippen LogP contribution in [0.2, 0.25) is 0 Å². The van der Waals surface area contributed by atoms with E-state index in [1.807, 2.05) is 0 Å². The fraction of sp³-hybridized carbons (Fsp3) is 1.00. The maximum Gasteiger partial charge on any atom is 0.0779 e. The molecule has 0 aromatic rings. The van der Waals surface area contributed by atoms with Gasteiger partial charge in [-0.3, -0.25) is 0 Å². The molecule has 0 rings (SSSR count). The van der Waals surface area contributed by atoms with Gasteiger partial charge in [0.25, 0.3) is 0 Å². The molecule has 0 aromatic carbocycles. The van der Waals surface area contributed by atoms with E-state index in [4.69, 9.17) is 19.7 Å². The van der Waals surface area contributed by atoms with Crippen molar-refractivity contribution >= 4 is 0 Å². The Morgan fingerprint density at radius 1 is 1.06 bits per heavy atom. The van der Waals surface area contributed by atoms with Gasteiger partial charge in [-0.2, -0.15) is 0 Å². The second-order valence-electron chi connectivity index (χ2n) is 4.64. The van der Waals surface area contributed by atoms with Gasteiger partial charge in [0.1, 0.15) is 0 Å². The Kier molecular flexibility index (Phi) is 15.7. The minimum atomic E-state index is -0.445. The molecule has 0 heterocycles. The second-order valence-corrected chi connectivity index (χ2v) is 4.64. The molecule has 0 fully saturated rings. The topological polar surface area (TPSA) is 58.9 Å². The normalized spacial score (nSPS) is 14.1. The Bertz CT molecular complexity index is 137. The van der Waals surface area contributed by atoms with Crippen molar-refractivity contribution in [3.8, 4) is 0 Å². The molecule has 2 atom stereocenters. The number of aliphatic hydroxyl groups excluding tert-OH is 2. The van der Waals surface area contributed by atoms with Crippen molar-refractivity contribution in [2.45, 2.75) is 53.2 Å². The first-order valence-electron chi connectivity index (χ1n) is 6.42. The van der Waals surface area contributed by atoms with Crippen LogP contribution < -0.4 is 0 Å². The van der Waals surface area contributed by atoms with Crippen LogP contribution in [0.4, 0.5) is 0 Å². The zero-order valence-electron chi connectivity index (χ0n) is 12.0. The van der Waals surface area contributed by atoms with E-state index in [-0.39, 0.29) is 12.7 Å². The highest BCUT2D eigenvalue weighted by molar-refractivity contribution is 4.47. The average molecular weight is 250 g/mol. The summed E-state index contributed by atoms with van der Waals surface area (Å²) in [7, 11) is 0. The van der Waals surface area contributed by atoms with E-state index in [1.165, 1.54) is 0 Å².